The average molecular weight is 313 g/mol. The Morgan fingerprint density at radius 2 is 1.91 bits per heavy atom. The monoisotopic (exact) mass is 313 g/mol. The van der Waals surface area contributed by atoms with Crippen LogP contribution in [0.1, 0.15) is 49.4 Å². The van der Waals surface area contributed by atoms with Crippen molar-refractivity contribution < 1.29 is 9.32 Å². The van der Waals surface area contributed by atoms with Crippen molar-refractivity contribution in [3.8, 4) is 0 Å². The van der Waals surface area contributed by atoms with E-state index in [1.54, 1.807) is 0 Å². The van der Waals surface area contributed by atoms with Gasteiger partial charge in [0.2, 0.25) is 11.8 Å². The number of nitrogens with one attached hydrogen (secondary N) is 1. The van der Waals surface area contributed by atoms with Crippen molar-refractivity contribution in [3.05, 3.63) is 47.6 Å². The fourth-order valence-corrected chi connectivity index (χ4v) is 3.03. The Balaban J connectivity index is 1.44. The van der Waals surface area contributed by atoms with E-state index in [0.29, 0.717) is 24.7 Å². The molecule has 0 atom stereocenters. The Morgan fingerprint density at radius 1 is 1.13 bits per heavy atom. The molecule has 0 unspecified atom stereocenters. The molecule has 1 aliphatic rings. The van der Waals surface area contributed by atoms with Crippen LogP contribution in [0.5, 0.6) is 0 Å². The first-order valence-corrected chi connectivity index (χ1v) is 8.44. The predicted molar refractivity (Wildman–Crippen MR) is 86.6 cm³/mol. The van der Waals surface area contributed by atoms with Crippen LogP contribution in [0.3, 0.4) is 0 Å². The molecule has 5 nitrogen and oxygen atoms in total. The molecular formula is C18H23N3O2. The van der Waals surface area contributed by atoms with E-state index in [0.717, 1.165) is 32.1 Å². The first kappa shape index (κ1) is 15.7. The second kappa shape index (κ2) is 7.90. The molecule has 23 heavy (non-hydrogen) atoms. The minimum atomic E-state index is 0.125. The Kier molecular flexibility index (Phi) is 5.40. The van der Waals surface area contributed by atoms with Gasteiger partial charge in [-0.1, -0.05) is 54.8 Å². The predicted octanol–water partition coefficient (Wildman–Crippen LogP) is 3.05. The molecule has 1 amide bonds. The van der Waals surface area contributed by atoms with E-state index in [4.69, 9.17) is 4.52 Å². The lowest BCUT2D eigenvalue weighted by Crippen LogP contribution is -2.31. The Morgan fingerprint density at radius 3 is 2.70 bits per heavy atom. The normalized spacial score (nSPS) is 15.5. The molecule has 1 fully saturated rings. The second-order valence-electron chi connectivity index (χ2n) is 6.14. The van der Waals surface area contributed by atoms with Gasteiger partial charge in [0.1, 0.15) is 0 Å². The van der Waals surface area contributed by atoms with Crippen molar-refractivity contribution in [1.29, 1.82) is 0 Å². The highest BCUT2D eigenvalue weighted by Crippen LogP contribution is 2.23. The van der Waals surface area contributed by atoms with Crippen molar-refractivity contribution >= 4 is 5.91 Å². The summed E-state index contributed by atoms with van der Waals surface area (Å²) in [5.74, 6) is 1.46. The van der Waals surface area contributed by atoms with Crippen molar-refractivity contribution in [1.82, 2.24) is 15.5 Å². The van der Waals surface area contributed by atoms with Crippen LogP contribution in [0.2, 0.25) is 0 Å². The summed E-state index contributed by atoms with van der Waals surface area (Å²) in [6.07, 6.45) is 7.15. The highest BCUT2D eigenvalue weighted by Gasteiger charge is 2.21. The largest absolute Gasteiger partial charge is 0.348 e. The zero-order valence-electron chi connectivity index (χ0n) is 13.3. The molecule has 1 aromatic carbocycles. The zero-order chi connectivity index (χ0) is 15.9. The number of hydrogen-bond acceptors (Lipinski definition) is 4. The highest BCUT2D eigenvalue weighted by molar-refractivity contribution is 5.78. The summed E-state index contributed by atoms with van der Waals surface area (Å²) in [6.45, 7) is 0.351. The summed E-state index contributed by atoms with van der Waals surface area (Å²) >= 11 is 0. The van der Waals surface area contributed by atoms with Crippen molar-refractivity contribution in [2.45, 2.75) is 51.5 Å². The maximum Gasteiger partial charge on any atom is 0.227 e. The molecular weight excluding hydrogens is 290 g/mol. The van der Waals surface area contributed by atoms with Gasteiger partial charge < -0.3 is 9.84 Å². The molecule has 0 spiro atoms. The minimum Gasteiger partial charge on any atom is -0.348 e. The van der Waals surface area contributed by atoms with Gasteiger partial charge in [-0.25, -0.2) is 0 Å². The number of rotatable bonds is 6. The van der Waals surface area contributed by atoms with Crippen LogP contribution in [-0.4, -0.2) is 16.0 Å². The fourth-order valence-electron chi connectivity index (χ4n) is 3.03. The molecule has 122 valence electrons. The molecule has 0 bridgehead atoms. The smallest absolute Gasteiger partial charge is 0.227 e. The van der Waals surface area contributed by atoms with Crippen LogP contribution in [0.25, 0.3) is 0 Å². The molecule has 5 heteroatoms. The maximum absolute atomic E-state index is 12.1. The standard InChI is InChI=1S/C18H23N3O2/c22-18(15-9-5-2-6-10-15)19-13-16-20-17(23-21-16)12-11-14-7-3-1-4-8-14/h1,3-4,7-8,15H,2,5-6,9-13H2,(H,19,22). The summed E-state index contributed by atoms with van der Waals surface area (Å²) < 4.78 is 5.25. The lowest BCUT2D eigenvalue weighted by molar-refractivity contribution is -0.126. The van der Waals surface area contributed by atoms with Crippen molar-refractivity contribution in [3.63, 3.8) is 0 Å². The number of aryl methyl sites for hydroxylation is 2. The van der Waals surface area contributed by atoms with Crippen LogP contribution < -0.4 is 5.32 Å². The number of nitrogens with zero attached hydrogens (tertiary/aromatic N) is 2. The quantitative estimate of drug-likeness (QED) is 0.890. The minimum absolute atomic E-state index is 0.125. The van der Waals surface area contributed by atoms with Crippen molar-refractivity contribution in [2.75, 3.05) is 0 Å². The van der Waals surface area contributed by atoms with Gasteiger partial charge in [0.25, 0.3) is 0 Å². The van der Waals surface area contributed by atoms with E-state index < -0.39 is 0 Å². The van der Waals surface area contributed by atoms with E-state index in [1.807, 2.05) is 18.2 Å². The molecule has 1 aliphatic carbocycles. The van der Waals surface area contributed by atoms with Gasteiger partial charge in [-0.2, -0.15) is 4.98 Å². The Hall–Kier alpha value is -2.17. The van der Waals surface area contributed by atoms with Crippen LogP contribution in [0.4, 0.5) is 0 Å². The molecule has 3 rings (SSSR count). The summed E-state index contributed by atoms with van der Waals surface area (Å²) in [5, 5.41) is 6.88. The number of amides is 1. The average Bonchev–Trinajstić information content (AvgIpc) is 3.07. The van der Waals surface area contributed by atoms with Crippen LogP contribution in [0.15, 0.2) is 34.9 Å². The number of carbonyl (C=O) groups excluding carboxylic acids is 1. The third-order valence-electron chi connectivity index (χ3n) is 4.38. The molecule has 0 saturated heterocycles. The van der Waals surface area contributed by atoms with Crippen LogP contribution >= 0.6 is 0 Å². The van der Waals surface area contributed by atoms with E-state index in [-0.39, 0.29) is 11.8 Å². The van der Waals surface area contributed by atoms with Gasteiger partial charge in [0.15, 0.2) is 5.82 Å². The molecule has 0 radical (unpaired) electrons. The second-order valence-corrected chi connectivity index (χ2v) is 6.14. The summed E-state index contributed by atoms with van der Waals surface area (Å²) in [4.78, 5) is 16.4. The van der Waals surface area contributed by atoms with E-state index in [1.165, 1.54) is 12.0 Å². The lowest BCUT2D eigenvalue weighted by Gasteiger charge is -2.20. The topological polar surface area (TPSA) is 68.0 Å². The van der Waals surface area contributed by atoms with E-state index >= 15 is 0 Å². The molecule has 1 N–H and O–H groups in total. The molecule has 0 aliphatic heterocycles. The first-order valence-electron chi connectivity index (χ1n) is 8.44. The summed E-state index contributed by atoms with van der Waals surface area (Å²) in [6, 6.07) is 10.2. The van der Waals surface area contributed by atoms with Crippen molar-refractivity contribution in [2.24, 2.45) is 5.92 Å². The maximum atomic E-state index is 12.1. The van der Waals surface area contributed by atoms with E-state index in [9.17, 15) is 4.79 Å². The molecule has 2 aromatic rings. The fraction of sp³-hybridized carbons (Fsp3) is 0.500. The zero-order valence-corrected chi connectivity index (χ0v) is 13.3. The molecule has 1 aromatic heterocycles. The third kappa shape index (κ3) is 4.65. The Bertz CT molecular complexity index is 618. The van der Waals surface area contributed by atoms with Crippen LogP contribution in [-0.2, 0) is 24.2 Å². The van der Waals surface area contributed by atoms with Gasteiger partial charge in [0, 0.05) is 12.3 Å². The SMILES string of the molecule is O=C(NCc1noc(CCc2ccccc2)n1)C1CCCCC1. The number of benzene rings is 1. The van der Waals surface area contributed by atoms with Gasteiger partial charge in [-0.15, -0.1) is 0 Å². The highest BCUT2D eigenvalue weighted by atomic mass is 16.5. The van der Waals surface area contributed by atoms with Gasteiger partial charge in [-0.05, 0) is 24.8 Å². The van der Waals surface area contributed by atoms with Gasteiger partial charge in [-0.3, -0.25) is 4.79 Å². The van der Waals surface area contributed by atoms with Gasteiger partial charge in [0.05, 0.1) is 6.54 Å². The summed E-state index contributed by atoms with van der Waals surface area (Å²) in [7, 11) is 0. The first-order chi connectivity index (χ1) is 11.3. The molecule has 1 saturated carbocycles. The third-order valence-corrected chi connectivity index (χ3v) is 4.38. The number of hydrogen-bond donors (Lipinski definition) is 1. The molecule has 1 heterocycles. The number of carbonyl (C=O) groups is 1. The van der Waals surface area contributed by atoms with Crippen LogP contribution in [0, 0.1) is 5.92 Å². The Labute approximate surface area is 136 Å². The van der Waals surface area contributed by atoms with E-state index in [2.05, 4.69) is 27.6 Å². The van der Waals surface area contributed by atoms with Gasteiger partial charge >= 0.3 is 0 Å². The summed E-state index contributed by atoms with van der Waals surface area (Å²) in [5.41, 5.74) is 1.25. The lowest BCUT2D eigenvalue weighted by atomic mass is 9.89. The number of aromatic nitrogens is 2.